The van der Waals surface area contributed by atoms with Crippen LogP contribution in [-0.2, 0) is 17.9 Å². The van der Waals surface area contributed by atoms with Gasteiger partial charge in [-0.2, -0.15) is 0 Å². The van der Waals surface area contributed by atoms with Gasteiger partial charge >= 0.3 is 0 Å². The lowest BCUT2D eigenvalue weighted by Gasteiger charge is -2.15. The number of fused-ring (bicyclic) bond motifs is 1. The van der Waals surface area contributed by atoms with Gasteiger partial charge in [0.15, 0.2) is 0 Å². The van der Waals surface area contributed by atoms with Crippen LogP contribution in [0.1, 0.15) is 12.6 Å². The summed E-state index contributed by atoms with van der Waals surface area (Å²) in [7, 11) is -1.01. The number of rotatable bonds is 6. The fraction of sp³-hybridized carbons (Fsp3) is 0.571. The summed E-state index contributed by atoms with van der Waals surface area (Å²) in [5.41, 5.74) is 2.07. The normalized spacial score (nSPS) is 12.2. The Balaban J connectivity index is 2.02. The maximum atomic E-state index is 5.77. The molecule has 0 aliphatic carbocycles. The predicted octanol–water partition coefficient (Wildman–Crippen LogP) is 3.31. The molecule has 0 bridgehead atoms. The second-order valence-corrected chi connectivity index (χ2v) is 11.7. The van der Waals surface area contributed by atoms with Crippen molar-refractivity contribution in [2.45, 2.75) is 45.8 Å². The van der Waals surface area contributed by atoms with Gasteiger partial charge in [-0.15, -0.1) is 0 Å². The summed E-state index contributed by atoms with van der Waals surface area (Å²) < 4.78 is 7.83. The number of hydrogen-bond acceptors (Lipinski definition) is 3. The summed E-state index contributed by atoms with van der Waals surface area (Å²) in [6.07, 6.45) is 4.60. The van der Waals surface area contributed by atoms with Crippen molar-refractivity contribution in [3.63, 3.8) is 0 Å². The molecule has 104 valence electrons. The molecule has 0 aromatic carbocycles. The van der Waals surface area contributed by atoms with Crippen molar-refractivity contribution in [1.82, 2.24) is 14.5 Å². The van der Waals surface area contributed by atoms with Crippen molar-refractivity contribution in [2.75, 3.05) is 6.61 Å². The van der Waals surface area contributed by atoms with Crippen molar-refractivity contribution >= 4 is 19.1 Å². The molecule has 2 aromatic rings. The van der Waals surface area contributed by atoms with Gasteiger partial charge in [-0.25, -0.2) is 9.97 Å². The molecule has 5 heteroatoms. The third-order valence-corrected chi connectivity index (χ3v) is 4.90. The summed E-state index contributed by atoms with van der Waals surface area (Å²) in [6, 6.07) is 3.28. The van der Waals surface area contributed by atoms with E-state index in [-0.39, 0.29) is 0 Å². The van der Waals surface area contributed by atoms with E-state index in [4.69, 9.17) is 4.74 Å². The van der Waals surface area contributed by atoms with E-state index in [1.54, 1.807) is 6.33 Å². The summed E-state index contributed by atoms with van der Waals surface area (Å²) in [4.78, 5) is 8.67. The highest BCUT2D eigenvalue weighted by molar-refractivity contribution is 6.76. The van der Waals surface area contributed by atoms with Crippen LogP contribution >= 0.6 is 0 Å². The Bertz CT molecular complexity index is 545. The summed E-state index contributed by atoms with van der Waals surface area (Å²) in [6.45, 7) is 10.6. The minimum Gasteiger partial charge on any atom is -0.361 e. The van der Waals surface area contributed by atoms with Crippen LogP contribution in [0, 0.1) is 0 Å². The topological polar surface area (TPSA) is 39.9 Å². The Hall–Kier alpha value is -1.20. The van der Waals surface area contributed by atoms with Crippen molar-refractivity contribution in [3.8, 4) is 0 Å². The van der Waals surface area contributed by atoms with E-state index in [0.717, 1.165) is 29.8 Å². The monoisotopic (exact) mass is 277 g/mol. The average Bonchev–Trinajstić information content (AvgIpc) is 2.76. The molecule has 0 saturated heterocycles. The first kappa shape index (κ1) is 14.2. The van der Waals surface area contributed by atoms with Crippen LogP contribution in [0.15, 0.2) is 18.6 Å². The largest absolute Gasteiger partial charge is 0.361 e. The van der Waals surface area contributed by atoms with Crippen LogP contribution in [0.25, 0.3) is 11.0 Å². The fourth-order valence-electron chi connectivity index (χ4n) is 1.98. The molecule has 0 spiro atoms. The molecule has 0 atom stereocenters. The van der Waals surface area contributed by atoms with E-state index in [1.807, 2.05) is 6.20 Å². The van der Waals surface area contributed by atoms with Gasteiger partial charge < -0.3 is 9.30 Å². The van der Waals surface area contributed by atoms with Crippen molar-refractivity contribution < 1.29 is 4.74 Å². The van der Waals surface area contributed by atoms with Crippen LogP contribution in [0.2, 0.25) is 25.7 Å². The SMILES string of the molecule is CCc1ncnc2c1ccn2COCC[Si](C)(C)C. The highest BCUT2D eigenvalue weighted by atomic mass is 28.3. The number of nitrogens with zero attached hydrogens (tertiary/aromatic N) is 3. The van der Waals surface area contributed by atoms with Crippen LogP contribution < -0.4 is 0 Å². The van der Waals surface area contributed by atoms with Gasteiger partial charge in [0.1, 0.15) is 18.7 Å². The second kappa shape index (κ2) is 5.84. The number of aromatic nitrogens is 3. The van der Waals surface area contributed by atoms with Crippen molar-refractivity contribution in [1.29, 1.82) is 0 Å². The number of aryl methyl sites for hydroxylation is 1. The maximum Gasteiger partial charge on any atom is 0.145 e. The molecule has 0 N–H and O–H groups in total. The Morgan fingerprint density at radius 2 is 2.05 bits per heavy atom. The zero-order valence-corrected chi connectivity index (χ0v) is 13.3. The molecule has 0 aliphatic rings. The maximum absolute atomic E-state index is 5.77. The van der Waals surface area contributed by atoms with Crippen molar-refractivity contribution in [2.24, 2.45) is 0 Å². The van der Waals surface area contributed by atoms with E-state index in [9.17, 15) is 0 Å². The first-order valence-electron chi connectivity index (χ1n) is 6.88. The van der Waals surface area contributed by atoms with Gasteiger partial charge in [0.2, 0.25) is 0 Å². The summed E-state index contributed by atoms with van der Waals surface area (Å²) in [5, 5.41) is 1.14. The van der Waals surface area contributed by atoms with E-state index >= 15 is 0 Å². The van der Waals surface area contributed by atoms with E-state index in [1.165, 1.54) is 6.04 Å². The first-order chi connectivity index (χ1) is 9.01. The smallest absolute Gasteiger partial charge is 0.145 e. The Morgan fingerprint density at radius 1 is 1.26 bits per heavy atom. The highest BCUT2D eigenvalue weighted by Crippen LogP contribution is 2.17. The van der Waals surface area contributed by atoms with Gasteiger partial charge in [-0.3, -0.25) is 0 Å². The molecule has 0 amide bonds. The van der Waals surface area contributed by atoms with Crippen LogP contribution in [-0.4, -0.2) is 29.2 Å². The summed E-state index contributed by atoms with van der Waals surface area (Å²) >= 11 is 0. The highest BCUT2D eigenvalue weighted by Gasteiger charge is 2.12. The lowest BCUT2D eigenvalue weighted by Crippen LogP contribution is -2.22. The van der Waals surface area contributed by atoms with Crippen LogP contribution in [0.4, 0.5) is 0 Å². The van der Waals surface area contributed by atoms with Crippen molar-refractivity contribution in [3.05, 3.63) is 24.3 Å². The van der Waals surface area contributed by atoms with Gasteiger partial charge in [0.25, 0.3) is 0 Å². The van der Waals surface area contributed by atoms with Crippen LogP contribution in [0.3, 0.4) is 0 Å². The average molecular weight is 277 g/mol. The van der Waals surface area contributed by atoms with Gasteiger partial charge in [-0.1, -0.05) is 26.6 Å². The van der Waals surface area contributed by atoms with E-state index in [0.29, 0.717) is 6.73 Å². The molecule has 2 aromatic heterocycles. The third-order valence-electron chi connectivity index (χ3n) is 3.20. The van der Waals surface area contributed by atoms with Crippen LogP contribution in [0.5, 0.6) is 0 Å². The molecule has 4 nitrogen and oxygen atoms in total. The molecule has 0 aliphatic heterocycles. The molecular formula is C14H23N3OSi. The Labute approximate surface area is 115 Å². The standard InChI is InChI=1S/C14H23N3OSi/c1-5-13-12-6-7-17(14(12)16-10-15-13)11-18-8-9-19(2,3)4/h6-7,10H,5,8-9,11H2,1-4H3. The zero-order chi connectivity index (χ0) is 13.9. The second-order valence-electron chi connectivity index (χ2n) is 6.04. The quantitative estimate of drug-likeness (QED) is 0.601. The minimum atomic E-state index is -1.01. The van der Waals surface area contributed by atoms with E-state index < -0.39 is 8.07 Å². The Morgan fingerprint density at radius 3 is 2.74 bits per heavy atom. The molecular weight excluding hydrogens is 254 g/mol. The molecule has 0 saturated carbocycles. The van der Waals surface area contributed by atoms with Gasteiger partial charge in [-0.05, 0) is 18.5 Å². The Kier molecular flexibility index (Phi) is 4.37. The fourth-order valence-corrected chi connectivity index (χ4v) is 2.74. The molecule has 2 heterocycles. The lowest BCUT2D eigenvalue weighted by atomic mass is 10.2. The number of ether oxygens (including phenoxy) is 1. The zero-order valence-electron chi connectivity index (χ0n) is 12.3. The lowest BCUT2D eigenvalue weighted by molar-refractivity contribution is 0.0899. The molecule has 0 fully saturated rings. The molecule has 2 rings (SSSR count). The van der Waals surface area contributed by atoms with Gasteiger partial charge in [0, 0.05) is 26.3 Å². The van der Waals surface area contributed by atoms with Gasteiger partial charge in [0.05, 0.1) is 5.69 Å². The molecule has 19 heavy (non-hydrogen) atoms. The molecule has 0 unspecified atom stereocenters. The van der Waals surface area contributed by atoms with E-state index in [2.05, 4.69) is 47.2 Å². The minimum absolute atomic E-state index is 0.578. The summed E-state index contributed by atoms with van der Waals surface area (Å²) in [5.74, 6) is 0. The molecule has 0 radical (unpaired) electrons. The third kappa shape index (κ3) is 3.64. The first-order valence-corrected chi connectivity index (χ1v) is 10.6. The predicted molar refractivity (Wildman–Crippen MR) is 81.0 cm³/mol. The number of hydrogen-bond donors (Lipinski definition) is 0.